The van der Waals surface area contributed by atoms with Gasteiger partial charge < -0.3 is 5.73 Å². The zero-order chi connectivity index (χ0) is 12.9. The van der Waals surface area contributed by atoms with Crippen molar-refractivity contribution in [1.29, 1.82) is 0 Å². The molecule has 0 heterocycles. The molecule has 0 radical (unpaired) electrons. The molecule has 3 nitrogen and oxygen atoms in total. The van der Waals surface area contributed by atoms with E-state index in [4.69, 9.17) is 5.73 Å². The number of unbranched alkanes of at least 4 members (excludes halogenated alkanes) is 2. The average Bonchev–Trinajstić information content (AvgIpc) is 2.28. The lowest BCUT2D eigenvalue weighted by molar-refractivity contribution is 0.580. The molecule has 0 spiro atoms. The van der Waals surface area contributed by atoms with Gasteiger partial charge in [-0.05, 0) is 24.1 Å². The van der Waals surface area contributed by atoms with Crippen LogP contribution in [0.1, 0.15) is 44.2 Å². The summed E-state index contributed by atoms with van der Waals surface area (Å²) in [4.78, 5) is 0.349. The minimum absolute atomic E-state index is 0.00941. The molecule has 0 aliphatic carbocycles. The van der Waals surface area contributed by atoms with Crippen LogP contribution < -0.4 is 5.73 Å². The first kappa shape index (κ1) is 14.2. The van der Waals surface area contributed by atoms with Gasteiger partial charge in [-0.3, -0.25) is 0 Å². The standard InChI is InChI=1S/C13H21NO2S/c1-3-4-5-6-13(14)11-7-9-12(10-8-11)17(2,15)16/h7-10,13H,3-6,14H2,1-2H3/t13-/m1/s1. The maximum atomic E-state index is 11.3. The number of nitrogens with two attached hydrogens (primary N) is 1. The lowest BCUT2D eigenvalue weighted by Gasteiger charge is -2.12. The molecule has 1 rings (SSSR count). The Bertz CT molecular complexity index is 437. The summed E-state index contributed by atoms with van der Waals surface area (Å²) in [6.07, 6.45) is 5.65. The smallest absolute Gasteiger partial charge is 0.175 e. The van der Waals surface area contributed by atoms with Crippen LogP contribution in [0.2, 0.25) is 0 Å². The van der Waals surface area contributed by atoms with Gasteiger partial charge in [0.1, 0.15) is 0 Å². The van der Waals surface area contributed by atoms with E-state index >= 15 is 0 Å². The van der Waals surface area contributed by atoms with Crippen LogP contribution >= 0.6 is 0 Å². The lowest BCUT2D eigenvalue weighted by Crippen LogP contribution is -2.10. The van der Waals surface area contributed by atoms with Gasteiger partial charge in [-0.2, -0.15) is 0 Å². The van der Waals surface area contributed by atoms with Crippen molar-refractivity contribution in [2.75, 3.05) is 6.26 Å². The third-order valence-corrected chi connectivity index (χ3v) is 3.98. The van der Waals surface area contributed by atoms with Crippen LogP contribution in [0.25, 0.3) is 0 Å². The van der Waals surface area contributed by atoms with Crippen molar-refractivity contribution in [3.05, 3.63) is 29.8 Å². The summed E-state index contributed by atoms with van der Waals surface area (Å²) < 4.78 is 22.6. The molecule has 1 aromatic carbocycles. The number of sulfone groups is 1. The molecule has 0 unspecified atom stereocenters. The fourth-order valence-electron chi connectivity index (χ4n) is 1.74. The Labute approximate surface area is 104 Å². The Morgan fingerprint density at radius 3 is 2.24 bits per heavy atom. The Balaban J connectivity index is 2.67. The highest BCUT2D eigenvalue weighted by atomic mass is 32.2. The second kappa shape index (κ2) is 6.17. The Kier molecular flexibility index (Phi) is 5.15. The predicted octanol–water partition coefficient (Wildman–Crippen LogP) is 2.67. The molecule has 0 fully saturated rings. The molecule has 1 atom stereocenters. The van der Waals surface area contributed by atoms with Gasteiger partial charge in [0.25, 0.3) is 0 Å². The predicted molar refractivity (Wildman–Crippen MR) is 70.6 cm³/mol. The SMILES string of the molecule is CCCCC[C@@H](N)c1ccc(S(C)(=O)=O)cc1. The topological polar surface area (TPSA) is 60.2 Å². The third kappa shape index (κ3) is 4.48. The van der Waals surface area contributed by atoms with Crippen molar-refractivity contribution >= 4 is 9.84 Å². The molecule has 0 saturated heterocycles. The van der Waals surface area contributed by atoms with Crippen LogP contribution in [0.3, 0.4) is 0 Å². The highest BCUT2D eigenvalue weighted by molar-refractivity contribution is 7.90. The molecule has 96 valence electrons. The normalized spacial score (nSPS) is 13.6. The van der Waals surface area contributed by atoms with E-state index in [2.05, 4.69) is 6.92 Å². The first-order valence-corrected chi connectivity index (χ1v) is 7.90. The van der Waals surface area contributed by atoms with Crippen molar-refractivity contribution in [3.8, 4) is 0 Å². The number of benzene rings is 1. The van der Waals surface area contributed by atoms with Gasteiger partial charge in [0.2, 0.25) is 0 Å². The van der Waals surface area contributed by atoms with E-state index in [1.54, 1.807) is 12.1 Å². The molecule has 0 saturated carbocycles. The van der Waals surface area contributed by atoms with Gasteiger partial charge in [-0.25, -0.2) is 8.42 Å². The second-order valence-electron chi connectivity index (χ2n) is 4.44. The zero-order valence-corrected chi connectivity index (χ0v) is 11.3. The van der Waals surface area contributed by atoms with E-state index < -0.39 is 9.84 Å². The summed E-state index contributed by atoms with van der Waals surface area (Å²) in [6, 6.07) is 6.89. The number of hydrogen-bond acceptors (Lipinski definition) is 3. The van der Waals surface area contributed by atoms with Gasteiger partial charge in [-0.15, -0.1) is 0 Å². The Morgan fingerprint density at radius 1 is 1.18 bits per heavy atom. The van der Waals surface area contributed by atoms with E-state index in [0.717, 1.165) is 18.4 Å². The van der Waals surface area contributed by atoms with Crippen molar-refractivity contribution < 1.29 is 8.42 Å². The monoisotopic (exact) mass is 255 g/mol. The Morgan fingerprint density at radius 2 is 1.76 bits per heavy atom. The van der Waals surface area contributed by atoms with Gasteiger partial charge in [0, 0.05) is 12.3 Å². The van der Waals surface area contributed by atoms with E-state index in [0.29, 0.717) is 4.90 Å². The summed E-state index contributed by atoms with van der Waals surface area (Å²) in [5.41, 5.74) is 7.05. The van der Waals surface area contributed by atoms with Crippen LogP contribution in [-0.2, 0) is 9.84 Å². The summed E-state index contributed by atoms with van der Waals surface area (Å²) in [6.45, 7) is 2.16. The Hall–Kier alpha value is -0.870. The van der Waals surface area contributed by atoms with E-state index in [1.807, 2.05) is 12.1 Å². The zero-order valence-electron chi connectivity index (χ0n) is 10.5. The molecular formula is C13H21NO2S. The van der Waals surface area contributed by atoms with Gasteiger partial charge in [0.15, 0.2) is 9.84 Å². The van der Waals surface area contributed by atoms with Gasteiger partial charge >= 0.3 is 0 Å². The molecule has 17 heavy (non-hydrogen) atoms. The van der Waals surface area contributed by atoms with Crippen molar-refractivity contribution in [2.45, 2.75) is 43.5 Å². The molecule has 0 bridgehead atoms. The summed E-state index contributed by atoms with van der Waals surface area (Å²) in [5.74, 6) is 0. The average molecular weight is 255 g/mol. The number of hydrogen-bond donors (Lipinski definition) is 1. The molecule has 0 aliphatic heterocycles. The lowest BCUT2D eigenvalue weighted by atomic mass is 10.0. The van der Waals surface area contributed by atoms with Crippen molar-refractivity contribution in [1.82, 2.24) is 0 Å². The van der Waals surface area contributed by atoms with Crippen LogP contribution in [0.5, 0.6) is 0 Å². The quantitative estimate of drug-likeness (QED) is 0.795. The first-order chi connectivity index (χ1) is 7.95. The maximum absolute atomic E-state index is 11.3. The van der Waals surface area contributed by atoms with Crippen molar-refractivity contribution in [2.24, 2.45) is 5.73 Å². The van der Waals surface area contributed by atoms with Crippen LogP contribution in [0.4, 0.5) is 0 Å². The second-order valence-corrected chi connectivity index (χ2v) is 6.46. The highest BCUT2D eigenvalue weighted by Gasteiger charge is 2.09. The molecule has 4 heteroatoms. The third-order valence-electron chi connectivity index (χ3n) is 2.86. The molecule has 0 amide bonds. The van der Waals surface area contributed by atoms with E-state index in [9.17, 15) is 8.42 Å². The summed E-state index contributed by atoms with van der Waals surface area (Å²) in [5, 5.41) is 0. The molecule has 2 N–H and O–H groups in total. The van der Waals surface area contributed by atoms with Crippen LogP contribution in [0.15, 0.2) is 29.2 Å². The van der Waals surface area contributed by atoms with E-state index in [-0.39, 0.29) is 6.04 Å². The maximum Gasteiger partial charge on any atom is 0.175 e. The van der Waals surface area contributed by atoms with Crippen molar-refractivity contribution in [3.63, 3.8) is 0 Å². The highest BCUT2D eigenvalue weighted by Crippen LogP contribution is 2.19. The summed E-state index contributed by atoms with van der Waals surface area (Å²) in [7, 11) is -3.11. The first-order valence-electron chi connectivity index (χ1n) is 6.00. The fourth-order valence-corrected chi connectivity index (χ4v) is 2.37. The minimum atomic E-state index is -3.11. The van der Waals surface area contributed by atoms with Gasteiger partial charge in [-0.1, -0.05) is 38.3 Å². The molecule has 0 aromatic heterocycles. The minimum Gasteiger partial charge on any atom is -0.324 e. The molecular weight excluding hydrogens is 234 g/mol. The molecule has 0 aliphatic rings. The van der Waals surface area contributed by atoms with Gasteiger partial charge in [0.05, 0.1) is 4.90 Å². The number of rotatable bonds is 6. The fraction of sp³-hybridized carbons (Fsp3) is 0.538. The largest absolute Gasteiger partial charge is 0.324 e. The van der Waals surface area contributed by atoms with Crippen LogP contribution in [-0.4, -0.2) is 14.7 Å². The molecule has 1 aromatic rings. The summed E-state index contributed by atoms with van der Waals surface area (Å²) >= 11 is 0. The van der Waals surface area contributed by atoms with E-state index in [1.165, 1.54) is 19.1 Å². The van der Waals surface area contributed by atoms with Crippen LogP contribution in [0, 0.1) is 0 Å².